The Labute approximate surface area is 164 Å². The van der Waals surface area contributed by atoms with Crippen molar-refractivity contribution in [1.82, 2.24) is 9.97 Å². The van der Waals surface area contributed by atoms with Crippen LogP contribution in [0.5, 0.6) is 0 Å². The Morgan fingerprint density at radius 2 is 1.82 bits per heavy atom. The average Bonchev–Trinajstić information content (AvgIpc) is 3.01. The number of carboxylic acids is 1. The van der Waals surface area contributed by atoms with Crippen molar-refractivity contribution in [1.29, 1.82) is 0 Å². The van der Waals surface area contributed by atoms with E-state index in [0.29, 0.717) is 11.6 Å². The Balaban J connectivity index is 1.98. The standard InChI is InChI=1S/C22H25N3O3/c1-5-17-18(6-2)24-22(19-11-13(3)14(4)28-19)25-21(17)23-16-9-7-15(8-10-16)12-20(26)27/h7-11H,5-6,12H2,1-4H3,(H,26,27)(H,23,24,25). The molecule has 0 spiro atoms. The van der Waals surface area contributed by atoms with E-state index in [0.717, 1.165) is 52.5 Å². The Bertz CT molecular complexity index is 972. The normalized spacial score (nSPS) is 10.9. The van der Waals surface area contributed by atoms with E-state index >= 15 is 0 Å². The van der Waals surface area contributed by atoms with Gasteiger partial charge in [-0.05, 0) is 56.0 Å². The first kappa shape index (κ1) is 19.6. The van der Waals surface area contributed by atoms with Gasteiger partial charge in [-0.1, -0.05) is 26.0 Å². The van der Waals surface area contributed by atoms with Gasteiger partial charge in [0, 0.05) is 16.9 Å². The molecule has 0 atom stereocenters. The lowest BCUT2D eigenvalue weighted by Crippen LogP contribution is -2.07. The van der Waals surface area contributed by atoms with Gasteiger partial charge in [0.1, 0.15) is 11.6 Å². The van der Waals surface area contributed by atoms with Crippen LogP contribution >= 0.6 is 0 Å². The number of anilines is 2. The third-order valence-electron chi connectivity index (χ3n) is 4.74. The van der Waals surface area contributed by atoms with E-state index in [4.69, 9.17) is 19.5 Å². The van der Waals surface area contributed by atoms with Gasteiger partial charge < -0.3 is 14.8 Å². The zero-order valence-corrected chi connectivity index (χ0v) is 16.7. The number of hydrogen-bond donors (Lipinski definition) is 2. The van der Waals surface area contributed by atoms with Gasteiger partial charge in [0.05, 0.1) is 6.42 Å². The smallest absolute Gasteiger partial charge is 0.307 e. The SMILES string of the molecule is CCc1nc(-c2cc(C)c(C)o2)nc(Nc2ccc(CC(=O)O)cc2)c1CC. The van der Waals surface area contributed by atoms with Crippen LogP contribution in [0, 0.1) is 13.8 Å². The highest BCUT2D eigenvalue weighted by molar-refractivity contribution is 5.71. The lowest BCUT2D eigenvalue weighted by molar-refractivity contribution is -0.136. The summed E-state index contributed by atoms with van der Waals surface area (Å²) in [6, 6.07) is 9.31. The fraction of sp³-hybridized carbons (Fsp3) is 0.318. The number of furan rings is 1. The molecule has 0 fully saturated rings. The number of rotatable bonds is 7. The van der Waals surface area contributed by atoms with Crippen LogP contribution in [-0.2, 0) is 24.1 Å². The zero-order chi connectivity index (χ0) is 20.3. The third-order valence-corrected chi connectivity index (χ3v) is 4.74. The van der Waals surface area contributed by atoms with E-state index in [1.165, 1.54) is 0 Å². The van der Waals surface area contributed by atoms with Crippen LogP contribution in [-0.4, -0.2) is 21.0 Å². The van der Waals surface area contributed by atoms with Crippen molar-refractivity contribution in [2.24, 2.45) is 0 Å². The molecule has 0 aliphatic heterocycles. The second kappa shape index (κ2) is 8.25. The van der Waals surface area contributed by atoms with Crippen LogP contribution < -0.4 is 5.32 Å². The molecule has 0 aliphatic carbocycles. The van der Waals surface area contributed by atoms with E-state index in [1.807, 2.05) is 44.2 Å². The predicted octanol–water partition coefficient (Wildman–Crippen LogP) is 4.85. The summed E-state index contributed by atoms with van der Waals surface area (Å²) in [5.74, 6) is 2.00. The summed E-state index contributed by atoms with van der Waals surface area (Å²) in [5.41, 5.74) is 4.74. The molecule has 1 aromatic carbocycles. The number of aryl methyl sites for hydroxylation is 3. The van der Waals surface area contributed by atoms with Crippen LogP contribution in [0.25, 0.3) is 11.6 Å². The van der Waals surface area contributed by atoms with E-state index in [9.17, 15) is 4.79 Å². The fourth-order valence-electron chi connectivity index (χ4n) is 3.11. The molecule has 2 aromatic heterocycles. The van der Waals surface area contributed by atoms with E-state index in [2.05, 4.69) is 19.2 Å². The van der Waals surface area contributed by atoms with Gasteiger partial charge in [0.25, 0.3) is 0 Å². The summed E-state index contributed by atoms with van der Waals surface area (Å²) in [4.78, 5) is 20.3. The number of nitrogens with one attached hydrogen (secondary N) is 1. The summed E-state index contributed by atoms with van der Waals surface area (Å²) >= 11 is 0. The highest BCUT2D eigenvalue weighted by atomic mass is 16.4. The van der Waals surface area contributed by atoms with Crippen molar-refractivity contribution in [3.8, 4) is 11.6 Å². The second-order valence-corrected chi connectivity index (χ2v) is 6.77. The predicted molar refractivity (Wildman–Crippen MR) is 109 cm³/mol. The number of aromatic nitrogens is 2. The van der Waals surface area contributed by atoms with Crippen molar-refractivity contribution in [3.05, 3.63) is 58.5 Å². The van der Waals surface area contributed by atoms with Crippen molar-refractivity contribution >= 4 is 17.5 Å². The third kappa shape index (κ3) is 4.22. The number of hydrogen-bond acceptors (Lipinski definition) is 5. The lowest BCUT2D eigenvalue weighted by Gasteiger charge is -2.14. The molecule has 0 saturated carbocycles. The molecule has 0 aliphatic rings. The van der Waals surface area contributed by atoms with Crippen LogP contribution in [0.15, 0.2) is 34.7 Å². The topological polar surface area (TPSA) is 88.3 Å². The fourth-order valence-corrected chi connectivity index (χ4v) is 3.11. The number of aliphatic carboxylic acids is 1. The van der Waals surface area contributed by atoms with Gasteiger partial charge in [-0.15, -0.1) is 0 Å². The van der Waals surface area contributed by atoms with Gasteiger partial charge in [-0.3, -0.25) is 4.79 Å². The summed E-state index contributed by atoms with van der Waals surface area (Å²) < 4.78 is 5.82. The molecule has 3 rings (SSSR count). The Hall–Kier alpha value is -3.15. The number of carboxylic acid groups (broad SMARTS) is 1. The maximum Gasteiger partial charge on any atom is 0.307 e. The highest BCUT2D eigenvalue weighted by Crippen LogP contribution is 2.28. The van der Waals surface area contributed by atoms with Crippen LogP contribution in [0.4, 0.5) is 11.5 Å². The summed E-state index contributed by atoms with van der Waals surface area (Å²) in [7, 11) is 0. The quantitative estimate of drug-likeness (QED) is 0.610. The van der Waals surface area contributed by atoms with Crippen molar-refractivity contribution in [3.63, 3.8) is 0 Å². The first-order chi connectivity index (χ1) is 13.4. The monoisotopic (exact) mass is 379 g/mol. The molecule has 0 saturated heterocycles. The molecule has 0 amide bonds. The second-order valence-electron chi connectivity index (χ2n) is 6.77. The lowest BCUT2D eigenvalue weighted by atomic mass is 10.1. The van der Waals surface area contributed by atoms with Crippen molar-refractivity contribution in [2.45, 2.75) is 47.0 Å². The molecule has 146 valence electrons. The summed E-state index contributed by atoms with van der Waals surface area (Å²) in [6.45, 7) is 8.09. The molecule has 6 nitrogen and oxygen atoms in total. The number of nitrogens with zero attached hydrogens (tertiary/aromatic N) is 2. The molecule has 2 N–H and O–H groups in total. The molecule has 0 bridgehead atoms. The maximum absolute atomic E-state index is 10.9. The molecule has 3 aromatic rings. The molecular weight excluding hydrogens is 354 g/mol. The van der Waals surface area contributed by atoms with Gasteiger partial charge in [-0.2, -0.15) is 0 Å². The van der Waals surface area contributed by atoms with Crippen LogP contribution in [0.1, 0.15) is 42.0 Å². The molecule has 28 heavy (non-hydrogen) atoms. The Kier molecular flexibility index (Phi) is 5.78. The average molecular weight is 379 g/mol. The first-order valence-electron chi connectivity index (χ1n) is 9.46. The molecular formula is C22H25N3O3. The minimum Gasteiger partial charge on any atom is -0.481 e. The minimum atomic E-state index is -0.842. The molecule has 2 heterocycles. The van der Waals surface area contributed by atoms with E-state index in [1.54, 1.807) is 0 Å². The Morgan fingerprint density at radius 3 is 2.36 bits per heavy atom. The molecule has 6 heteroatoms. The largest absolute Gasteiger partial charge is 0.481 e. The highest BCUT2D eigenvalue weighted by Gasteiger charge is 2.16. The molecule has 0 radical (unpaired) electrons. The molecule has 0 unspecified atom stereocenters. The minimum absolute atomic E-state index is 0.00925. The van der Waals surface area contributed by atoms with Gasteiger partial charge in [0.15, 0.2) is 11.6 Å². The first-order valence-corrected chi connectivity index (χ1v) is 9.46. The van der Waals surface area contributed by atoms with Gasteiger partial charge >= 0.3 is 5.97 Å². The number of benzene rings is 1. The zero-order valence-electron chi connectivity index (χ0n) is 16.7. The maximum atomic E-state index is 10.9. The number of carbonyl (C=O) groups is 1. The van der Waals surface area contributed by atoms with Crippen LogP contribution in [0.3, 0.4) is 0 Å². The van der Waals surface area contributed by atoms with Crippen molar-refractivity contribution < 1.29 is 14.3 Å². The Morgan fingerprint density at radius 1 is 1.11 bits per heavy atom. The van der Waals surface area contributed by atoms with E-state index < -0.39 is 5.97 Å². The van der Waals surface area contributed by atoms with Crippen molar-refractivity contribution in [2.75, 3.05) is 5.32 Å². The summed E-state index contributed by atoms with van der Waals surface area (Å²) in [5, 5.41) is 12.3. The van der Waals surface area contributed by atoms with Gasteiger partial charge in [-0.25, -0.2) is 9.97 Å². The van der Waals surface area contributed by atoms with Gasteiger partial charge in [0.2, 0.25) is 0 Å². The summed E-state index contributed by atoms with van der Waals surface area (Å²) in [6.07, 6.45) is 1.61. The van der Waals surface area contributed by atoms with Crippen LogP contribution in [0.2, 0.25) is 0 Å². The van der Waals surface area contributed by atoms with E-state index in [-0.39, 0.29) is 6.42 Å².